The molecule has 0 aliphatic carbocycles. The van der Waals surface area contributed by atoms with Crippen molar-refractivity contribution in [3.63, 3.8) is 0 Å². The predicted octanol–water partition coefficient (Wildman–Crippen LogP) is 4.79. The molecule has 0 saturated heterocycles. The molecule has 0 unspecified atom stereocenters. The number of benzene rings is 1. The Kier molecular flexibility index (Phi) is 5.12. The van der Waals surface area contributed by atoms with Crippen LogP contribution in [-0.4, -0.2) is 10.5 Å². The average Bonchev–Trinajstić information content (AvgIpc) is 2.80. The quantitative estimate of drug-likeness (QED) is 0.859. The molecule has 2 aromatic rings. The molecule has 0 saturated carbocycles. The third kappa shape index (κ3) is 4.61. The van der Waals surface area contributed by atoms with Crippen LogP contribution in [0.3, 0.4) is 0 Å². The normalized spacial score (nSPS) is 11.9. The van der Waals surface area contributed by atoms with Crippen LogP contribution in [0.1, 0.15) is 44.7 Å². The summed E-state index contributed by atoms with van der Waals surface area (Å²) in [5, 5.41) is 4.50. The topological polar surface area (TPSA) is 24.9 Å². The lowest BCUT2D eigenvalue weighted by atomic mass is 10.1. The minimum atomic E-state index is -0.210. The molecule has 1 aromatic carbocycles. The fraction of sp³-hybridized carbons (Fsp3) is 0.471. The van der Waals surface area contributed by atoms with E-state index in [1.807, 2.05) is 0 Å². The lowest BCUT2D eigenvalue weighted by molar-refractivity contribution is 0.425. The number of aromatic nitrogens is 1. The van der Waals surface area contributed by atoms with Gasteiger partial charge in [0.15, 0.2) is 0 Å². The van der Waals surface area contributed by atoms with Crippen LogP contribution in [0.2, 0.25) is 0 Å². The van der Waals surface area contributed by atoms with Gasteiger partial charge in [0.2, 0.25) is 0 Å². The standard InChI is InChI=1S/C17H23FN2S/c1-5-6-14-15(11-19-17(2,3)4)21-16(20-14)12-7-9-13(18)10-8-12/h7-10,19H,5-6,11H2,1-4H3. The predicted molar refractivity (Wildman–Crippen MR) is 88.1 cm³/mol. The highest BCUT2D eigenvalue weighted by molar-refractivity contribution is 7.15. The Balaban J connectivity index is 2.25. The molecule has 0 bridgehead atoms. The first-order valence-electron chi connectivity index (χ1n) is 7.38. The minimum Gasteiger partial charge on any atom is -0.307 e. The van der Waals surface area contributed by atoms with Crippen LogP contribution in [0.15, 0.2) is 24.3 Å². The Morgan fingerprint density at radius 1 is 1.19 bits per heavy atom. The summed E-state index contributed by atoms with van der Waals surface area (Å²) in [5.74, 6) is -0.210. The number of nitrogens with one attached hydrogen (secondary N) is 1. The summed E-state index contributed by atoms with van der Waals surface area (Å²) < 4.78 is 13.0. The van der Waals surface area contributed by atoms with Gasteiger partial charge in [-0.15, -0.1) is 11.3 Å². The zero-order chi connectivity index (χ0) is 15.5. The van der Waals surface area contributed by atoms with Crippen molar-refractivity contribution >= 4 is 11.3 Å². The number of hydrogen-bond acceptors (Lipinski definition) is 3. The summed E-state index contributed by atoms with van der Waals surface area (Å²) in [6, 6.07) is 6.57. The van der Waals surface area contributed by atoms with Crippen LogP contribution in [0.5, 0.6) is 0 Å². The van der Waals surface area contributed by atoms with Gasteiger partial charge in [0.25, 0.3) is 0 Å². The second-order valence-corrected chi connectivity index (χ2v) is 7.33. The maximum Gasteiger partial charge on any atom is 0.123 e. The van der Waals surface area contributed by atoms with Crippen LogP contribution in [-0.2, 0) is 13.0 Å². The van der Waals surface area contributed by atoms with Crippen molar-refractivity contribution in [2.75, 3.05) is 0 Å². The Bertz CT molecular complexity index is 582. The first-order valence-corrected chi connectivity index (χ1v) is 8.20. The molecule has 4 heteroatoms. The Morgan fingerprint density at radius 2 is 1.86 bits per heavy atom. The van der Waals surface area contributed by atoms with Crippen LogP contribution in [0.25, 0.3) is 10.6 Å². The van der Waals surface area contributed by atoms with Crippen molar-refractivity contribution in [3.05, 3.63) is 40.7 Å². The summed E-state index contributed by atoms with van der Waals surface area (Å²) >= 11 is 1.70. The van der Waals surface area contributed by atoms with Crippen molar-refractivity contribution in [3.8, 4) is 10.6 Å². The van der Waals surface area contributed by atoms with E-state index in [0.717, 1.165) is 30.0 Å². The third-order valence-electron chi connectivity index (χ3n) is 3.14. The molecule has 1 N–H and O–H groups in total. The molecule has 1 heterocycles. The fourth-order valence-electron chi connectivity index (χ4n) is 2.01. The Hall–Kier alpha value is -1.26. The number of hydrogen-bond donors (Lipinski definition) is 1. The van der Waals surface area contributed by atoms with E-state index in [0.29, 0.717) is 0 Å². The van der Waals surface area contributed by atoms with Crippen molar-refractivity contribution in [1.82, 2.24) is 10.3 Å². The Labute approximate surface area is 130 Å². The highest BCUT2D eigenvalue weighted by Gasteiger charge is 2.15. The highest BCUT2D eigenvalue weighted by Crippen LogP contribution is 2.29. The lowest BCUT2D eigenvalue weighted by Crippen LogP contribution is -2.35. The summed E-state index contributed by atoms with van der Waals surface area (Å²) in [5.41, 5.74) is 2.24. The largest absolute Gasteiger partial charge is 0.307 e. The van der Waals surface area contributed by atoms with Crippen molar-refractivity contribution < 1.29 is 4.39 Å². The molecule has 0 aliphatic rings. The van der Waals surface area contributed by atoms with E-state index < -0.39 is 0 Å². The molecule has 0 fully saturated rings. The van der Waals surface area contributed by atoms with Crippen LogP contribution >= 0.6 is 11.3 Å². The fourth-order valence-corrected chi connectivity index (χ4v) is 3.07. The van der Waals surface area contributed by atoms with Gasteiger partial charge >= 0.3 is 0 Å². The van der Waals surface area contributed by atoms with E-state index in [9.17, 15) is 4.39 Å². The van der Waals surface area contributed by atoms with Crippen molar-refractivity contribution in [2.45, 2.75) is 52.6 Å². The highest BCUT2D eigenvalue weighted by atomic mass is 32.1. The average molecular weight is 306 g/mol. The number of aryl methyl sites for hydroxylation is 1. The molecule has 0 atom stereocenters. The molecular formula is C17H23FN2S. The molecule has 2 nitrogen and oxygen atoms in total. The molecule has 0 amide bonds. The first kappa shape index (κ1) is 16.1. The van der Waals surface area contributed by atoms with Crippen molar-refractivity contribution in [2.24, 2.45) is 0 Å². The summed E-state index contributed by atoms with van der Waals surface area (Å²) in [6.07, 6.45) is 2.06. The number of halogens is 1. The zero-order valence-electron chi connectivity index (χ0n) is 13.2. The second-order valence-electron chi connectivity index (χ2n) is 6.25. The van der Waals surface area contributed by atoms with E-state index in [4.69, 9.17) is 4.98 Å². The molecule has 2 rings (SSSR count). The molecule has 114 valence electrons. The maximum absolute atomic E-state index is 13.0. The zero-order valence-corrected chi connectivity index (χ0v) is 14.0. The molecule has 0 spiro atoms. The summed E-state index contributed by atoms with van der Waals surface area (Å²) in [4.78, 5) is 6.04. The Morgan fingerprint density at radius 3 is 2.43 bits per heavy atom. The molecule has 0 aliphatic heterocycles. The van der Waals surface area contributed by atoms with Gasteiger partial charge in [-0.2, -0.15) is 0 Å². The lowest BCUT2D eigenvalue weighted by Gasteiger charge is -2.20. The third-order valence-corrected chi connectivity index (χ3v) is 4.28. The van der Waals surface area contributed by atoms with E-state index in [-0.39, 0.29) is 11.4 Å². The van der Waals surface area contributed by atoms with E-state index in [2.05, 4.69) is 33.0 Å². The van der Waals surface area contributed by atoms with Crippen LogP contribution in [0, 0.1) is 5.82 Å². The van der Waals surface area contributed by atoms with Gasteiger partial charge in [-0.3, -0.25) is 0 Å². The van der Waals surface area contributed by atoms with E-state index in [1.165, 1.54) is 22.7 Å². The van der Waals surface area contributed by atoms with Gasteiger partial charge in [-0.05, 0) is 51.5 Å². The second kappa shape index (κ2) is 6.67. The van der Waals surface area contributed by atoms with Gasteiger partial charge in [0.1, 0.15) is 10.8 Å². The molecule has 1 aromatic heterocycles. The monoisotopic (exact) mass is 306 g/mol. The number of thiazole rings is 1. The number of nitrogens with zero attached hydrogens (tertiary/aromatic N) is 1. The van der Waals surface area contributed by atoms with Crippen molar-refractivity contribution in [1.29, 1.82) is 0 Å². The van der Waals surface area contributed by atoms with Crippen LogP contribution < -0.4 is 5.32 Å². The molecule has 0 radical (unpaired) electrons. The number of rotatable bonds is 5. The maximum atomic E-state index is 13.0. The molecule has 21 heavy (non-hydrogen) atoms. The van der Waals surface area contributed by atoms with Gasteiger partial charge in [-0.1, -0.05) is 13.3 Å². The smallest absolute Gasteiger partial charge is 0.123 e. The van der Waals surface area contributed by atoms with Crippen LogP contribution in [0.4, 0.5) is 4.39 Å². The summed E-state index contributed by atoms with van der Waals surface area (Å²) in [7, 11) is 0. The van der Waals surface area contributed by atoms with E-state index in [1.54, 1.807) is 23.5 Å². The van der Waals surface area contributed by atoms with E-state index >= 15 is 0 Å². The SMILES string of the molecule is CCCc1nc(-c2ccc(F)cc2)sc1CNC(C)(C)C. The van der Waals surface area contributed by atoms with Gasteiger partial charge in [0, 0.05) is 22.5 Å². The summed E-state index contributed by atoms with van der Waals surface area (Å²) in [6.45, 7) is 9.48. The molecular weight excluding hydrogens is 283 g/mol. The first-order chi connectivity index (χ1) is 9.89. The van der Waals surface area contributed by atoms with Gasteiger partial charge < -0.3 is 5.32 Å². The van der Waals surface area contributed by atoms with Gasteiger partial charge in [-0.25, -0.2) is 9.37 Å². The minimum absolute atomic E-state index is 0.0868. The van der Waals surface area contributed by atoms with Gasteiger partial charge in [0.05, 0.1) is 5.69 Å².